The maximum Gasteiger partial charge on any atom is 0.251 e. The molecule has 0 aromatic heterocycles. The van der Waals surface area contributed by atoms with Gasteiger partial charge in [-0.2, -0.15) is 0 Å². The first-order valence-electron chi connectivity index (χ1n) is 11.6. The Kier molecular flexibility index (Phi) is 8.64. The van der Waals surface area contributed by atoms with E-state index in [4.69, 9.17) is 23.2 Å². The first-order chi connectivity index (χ1) is 16.5. The lowest BCUT2D eigenvalue weighted by molar-refractivity contribution is -0.129. The van der Waals surface area contributed by atoms with Crippen molar-refractivity contribution in [3.63, 3.8) is 0 Å². The van der Waals surface area contributed by atoms with Crippen LogP contribution in [0.25, 0.3) is 0 Å². The van der Waals surface area contributed by atoms with Crippen LogP contribution >= 0.6 is 35.1 Å². The molecule has 0 saturated carbocycles. The minimum absolute atomic E-state index is 0.0207. The summed E-state index contributed by atoms with van der Waals surface area (Å²) in [6.45, 7) is 3.51. The summed E-state index contributed by atoms with van der Waals surface area (Å²) in [6, 6.07) is 13.7. The lowest BCUT2D eigenvalue weighted by Crippen LogP contribution is -2.44. The van der Waals surface area contributed by atoms with Gasteiger partial charge in [0, 0.05) is 36.6 Å². The molecule has 9 heteroatoms. The van der Waals surface area contributed by atoms with Crippen molar-refractivity contribution in [2.24, 2.45) is 0 Å². The molecular formula is C25H30Cl2N4O2S. The number of nitrogens with one attached hydrogen (secondary N) is 2. The fraction of sp³-hybridized carbons (Fsp3) is 0.440. The van der Waals surface area contributed by atoms with Gasteiger partial charge in [-0.25, -0.2) is 0 Å². The van der Waals surface area contributed by atoms with Crippen molar-refractivity contribution >= 4 is 52.7 Å². The average Bonchev–Trinajstić information content (AvgIpc) is 3.35. The normalized spacial score (nSPS) is 19.3. The first-order valence-corrected chi connectivity index (χ1v) is 13.6. The Morgan fingerprint density at radius 3 is 2.53 bits per heavy atom. The topological polar surface area (TPSA) is 64.7 Å². The summed E-state index contributed by atoms with van der Waals surface area (Å²) < 4.78 is 3.41. The molecule has 1 unspecified atom stereocenters. The Balaban J connectivity index is 1.24. The van der Waals surface area contributed by atoms with Crippen LogP contribution in [0.1, 0.15) is 41.1 Å². The molecule has 2 saturated heterocycles. The number of carbonyl (C=O) groups excluding carboxylic acids is 2. The Hall–Kier alpha value is -1.93. The summed E-state index contributed by atoms with van der Waals surface area (Å²) in [6.07, 6.45) is 5.27. The summed E-state index contributed by atoms with van der Waals surface area (Å²) in [5, 5.41) is 3.41. The number of likely N-dealkylation sites (tertiary alicyclic amines) is 2. The second-order valence-electron chi connectivity index (χ2n) is 8.80. The molecular weight excluding hydrogens is 491 g/mol. The van der Waals surface area contributed by atoms with Crippen LogP contribution in [0, 0.1) is 0 Å². The number of para-hydroxylation sites is 1. The van der Waals surface area contributed by atoms with Gasteiger partial charge in [0.1, 0.15) is 0 Å². The van der Waals surface area contributed by atoms with Crippen molar-refractivity contribution in [3.8, 4) is 0 Å². The second kappa shape index (κ2) is 11.7. The fourth-order valence-corrected chi connectivity index (χ4v) is 5.61. The molecule has 34 heavy (non-hydrogen) atoms. The highest BCUT2D eigenvalue weighted by Crippen LogP contribution is 2.35. The number of carbonyl (C=O) groups is 2. The summed E-state index contributed by atoms with van der Waals surface area (Å²) in [5.41, 5.74) is 3.00. The number of amides is 2. The van der Waals surface area contributed by atoms with E-state index in [1.807, 2.05) is 11.2 Å². The van der Waals surface area contributed by atoms with Gasteiger partial charge in [0.05, 0.1) is 16.6 Å². The molecule has 6 nitrogen and oxygen atoms in total. The highest BCUT2D eigenvalue weighted by Gasteiger charge is 2.33. The molecule has 2 heterocycles. The van der Waals surface area contributed by atoms with Gasteiger partial charge < -0.3 is 14.9 Å². The average molecular weight is 522 g/mol. The van der Waals surface area contributed by atoms with Gasteiger partial charge in [-0.1, -0.05) is 53.3 Å². The Labute approximate surface area is 215 Å². The molecule has 2 aromatic rings. The van der Waals surface area contributed by atoms with E-state index in [-0.39, 0.29) is 18.4 Å². The van der Waals surface area contributed by atoms with E-state index in [1.165, 1.54) is 17.3 Å². The monoisotopic (exact) mass is 520 g/mol. The standard InChI is InChI=1S/C25H30Cl2N4O2S/c1-34-29-23-5-3-2-4-20(23)17-8-11-30(12-9-17)19-10-13-31(16-19)24(32)15-28-25(33)18-6-7-21(26)22(27)14-18/h2-7,14,17,19,29H,8-13,15-16H2,1H3,(H,28,33). The fourth-order valence-electron chi connectivity index (χ4n) is 4.91. The SMILES string of the molecule is CSNc1ccccc1C1CCN(C2CCN(C(=O)CNC(=O)c3ccc(Cl)c(Cl)c3)C2)CC1. The van der Waals surface area contributed by atoms with E-state index in [9.17, 15) is 9.59 Å². The number of hydrogen-bond acceptors (Lipinski definition) is 5. The summed E-state index contributed by atoms with van der Waals surface area (Å²) in [4.78, 5) is 29.5. The van der Waals surface area contributed by atoms with Crippen LogP contribution in [-0.2, 0) is 4.79 Å². The molecule has 0 bridgehead atoms. The third-order valence-corrected chi connectivity index (χ3v) is 7.92. The van der Waals surface area contributed by atoms with E-state index in [0.29, 0.717) is 27.6 Å². The van der Waals surface area contributed by atoms with Gasteiger partial charge >= 0.3 is 0 Å². The lowest BCUT2D eigenvalue weighted by atomic mass is 9.88. The molecule has 182 valence electrons. The van der Waals surface area contributed by atoms with Crippen molar-refractivity contribution in [1.82, 2.24) is 15.1 Å². The van der Waals surface area contributed by atoms with Crippen LogP contribution in [-0.4, -0.2) is 66.6 Å². The molecule has 0 aliphatic carbocycles. The predicted molar refractivity (Wildman–Crippen MR) is 141 cm³/mol. The molecule has 2 aliphatic heterocycles. The van der Waals surface area contributed by atoms with Crippen molar-refractivity contribution in [2.75, 3.05) is 43.7 Å². The zero-order valence-corrected chi connectivity index (χ0v) is 21.6. The Morgan fingerprint density at radius 2 is 1.79 bits per heavy atom. The van der Waals surface area contributed by atoms with Crippen molar-refractivity contribution < 1.29 is 9.59 Å². The van der Waals surface area contributed by atoms with Crippen LogP contribution in [0.3, 0.4) is 0 Å². The molecule has 0 spiro atoms. The molecule has 1 atom stereocenters. The van der Waals surface area contributed by atoms with E-state index >= 15 is 0 Å². The van der Waals surface area contributed by atoms with Gasteiger partial charge in [0.2, 0.25) is 5.91 Å². The van der Waals surface area contributed by atoms with Crippen LogP contribution < -0.4 is 10.0 Å². The van der Waals surface area contributed by atoms with Gasteiger partial charge in [0.15, 0.2) is 0 Å². The predicted octanol–water partition coefficient (Wildman–Crippen LogP) is 4.89. The van der Waals surface area contributed by atoms with Gasteiger partial charge in [-0.15, -0.1) is 0 Å². The number of piperidine rings is 1. The first kappa shape index (κ1) is 25.2. The number of rotatable bonds is 7. The van der Waals surface area contributed by atoms with Crippen LogP contribution in [0.2, 0.25) is 10.0 Å². The van der Waals surface area contributed by atoms with Gasteiger partial charge in [-0.05, 0) is 68.1 Å². The Morgan fingerprint density at radius 1 is 1.03 bits per heavy atom. The molecule has 2 fully saturated rings. The van der Waals surface area contributed by atoms with E-state index < -0.39 is 0 Å². The molecule has 2 aromatic carbocycles. The zero-order valence-electron chi connectivity index (χ0n) is 19.2. The highest BCUT2D eigenvalue weighted by atomic mass is 35.5. The van der Waals surface area contributed by atoms with Crippen molar-refractivity contribution in [1.29, 1.82) is 0 Å². The number of nitrogens with zero attached hydrogens (tertiary/aromatic N) is 2. The minimum Gasteiger partial charge on any atom is -0.343 e. The minimum atomic E-state index is -0.332. The second-order valence-corrected chi connectivity index (χ2v) is 10.2. The zero-order chi connectivity index (χ0) is 24.1. The molecule has 2 aliphatic rings. The largest absolute Gasteiger partial charge is 0.343 e. The number of anilines is 1. The maximum absolute atomic E-state index is 12.7. The van der Waals surface area contributed by atoms with Crippen molar-refractivity contribution in [3.05, 3.63) is 63.6 Å². The van der Waals surface area contributed by atoms with E-state index in [1.54, 1.807) is 24.1 Å². The summed E-state index contributed by atoms with van der Waals surface area (Å²) in [7, 11) is 0. The van der Waals surface area contributed by atoms with Crippen LogP contribution in [0.5, 0.6) is 0 Å². The Bertz CT molecular complexity index is 1030. The maximum atomic E-state index is 12.7. The van der Waals surface area contributed by atoms with Crippen LogP contribution in [0.4, 0.5) is 5.69 Å². The van der Waals surface area contributed by atoms with Crippen LogP contribution in [0.15, 0.2) is 42.5 Å². The molecule has 2 amide bonds. The highest BCUT2D eigenvalue weighted by molar-refractivity contribution is 7.99. The lowest BCUT2D eigenvalue weighted by Gasteiger charge is -2.36. The van der Waals surface area contributed by atoms with Gasteiger partial charge in [-0.3, -0.25) is 14.5 Å². The smallest absolute Gasteiger partial charge is 0.251 e. The summed E-state index contributed by atoms with van der Waals surface area (Å²) in [5.74, 6) is 0.173. The molecule has 4 rings (SSSR count). The number of hydrogen-bond donors (Lipinski definition) is 2. The van der Waals surface area contributed by atoms with E-state index in [2.05, 4.69) is 39.2 Å². The quantitative estimate of drug-likeness (QED) is 0.508. The molecule has 2 N–H and O–H groups in total. The summed E-state index contributed by atoms with van der Waals surface area (Å²) >= 11 is 13.5. The van der Waals surface area contributed by atoms with Crippen molar-refractivity contribution in [2.45, 2.75) is 31.2 Å². The number of benzene rings is 2. The third-order valence-electron chi connectivity index (χ3n) is 6.76. The molecule has 0 radical (unpaired) electrons. The van der Waals surface area contributed by atoms with Gasteiger partial charge in [0.25, 0.3) is 5.91 Å². The van der Waals surface area contributed by atoms with E-state index in [0.717, 1.165) is 45.4 Å². The third kappa shape index (κ3) is 6.00. The number of halogens is 2.